The number of hydrogen-bond acceptors (Lipinski definition) is 7. The molecule has 0 aliphatic carbocycles. The van der Waals surface area contributed by atoms with E-state index in [2.05, 4.69) is 10.6 Å². The predicted molar refractivity (Wildman–Crippen MR) is 171 cm³/mol. The lowest BCUT2D eigenvalue weighted by molar-refractivity contribution is -0.143. The molecule has 0 radical (unpaired) electrons. The van der Waals surface area contributed by atoms with Crippen molar-refractivity contribution in [2.45, 2.75) is 57.3 Å². The molecule has 0 saturated carbocycles. The molecule has 1 aliphatic rings. The van der Waals surface area contributed by atoms with Crippen LogP contribution in [0.15, 0.2) is 72.8 Å². The molecule has 11 nitrogen and oxygen atoms in total. The van der Waals surface area contributed by atoms with Crippen LogP contribution < -0.4 is 20.3 Å². The van der Waals surface area contributed by atoms with E-state index in [4.69, 9.17) is 9.84 Å². The van der Waals surface area contributed by atoms with Gasteiger partial charge in [0.1, 0.15) is 29.5 Å². The van der Waals surface area contributed by atoms with Gasteiger partial charge in [0, 0.05) is 5.69 Å². The molecule has 1 heterocycles. The van der Waals surface area contributed by atoms with Crippen LogP contribution in [0.1, 0.15) is 56.4 Å². The molecule has 5 N–H and O–H groups in total. The van der Waals surface area contributed by atoms with Crippen LogP contribution >= 0.6 is 0 Å². The summed E-state index contributed by atoms with van der Waals surface area (Å²) in [4.78, 5) is 51.4. The summed E-state index contributed by atoms with van der Waals surface area (Å²) in [5.74, 6) is -4.03. The number of β-lactam (4-membered cyclic amide) rings is 1. The van der Waals surface area contributed by atoms with Crippen LogP contribution in [0, 0.1) is 23.5 Å². The first kappa shape index (κ1) is 36.0. The molecular weight excluding hydrogens is 628 g/mol. The Bertz CT molecular complexity index is 1570. The van der Waals surface area contributed by atoms with Gasteiger partial charge in [0.05, 0.1) is 24.7 Å². The van der Waals surface area contributed by atoms with Crippen LogP contribution in [0.25, 0.3) is 0 Å². The largest absolute Gasteiger partial charge is 0.484 e. The van der Waals surface area contributed by atoms with Crippen molar-refractivity contribution >= 4 is 29.4 Å². The molecule has 3 aromatic rings. The second-order valence-electron chi connectivity index (χ2n) is 12.1. The summed E-state index contributed by atoms with van der Waals surface area (Å²) in [6.45, 7) is 2.40. The molecule has 0 spiro atoms. The summed E-state index contributed by atoms with van der Waals surface area (Å²) in [7, 11) is 0. The number of hydrogen-bond donors (Lipinski definition) is 5. The molecule has 0 aromatic heterocycles. The number of carbonyl (C=O) groups is 4. The van der Waals surface area contributed by atoms with Crippen LogP contribution in [0.5, 0.6) is 5.75 Å². The van der Waals surface area contributed by atoms with Crippen LogP contribution in [0.4, 0.5) is 14.5 Å². The lowest BCUT2D eigenvalue weighted by Crippen LogP contribution is -2.55. The predicted octanol–water partition coefficient (Wildman–Crippen LogP) is 3.65. The van der Waals surface area contributed by atoms with Crippen LogP contribution in [-0.4, -0.2) is 64.3 Å². The summed E-state index contributed by atoms with van der Waals surface area (Å²) in [6.07, 6.45) is -0.106. The highest BCUT2D eigenvalue weighted by atomic mass is 19.1. The number of carboxylic acid groups (broad SMARTS) is 1. The summed E-state index contributed by atoms with van der Waals surface area (Å²) < 4.78 is 32.6. The third kappa shape index (κ3) is 9.14. The van der Waals surface area contributed by atoms with Gasteiger partial charge in [0.25, 0.3) is 5.91 Å². The standard InChI is InChI=1S/C35H39F2N3O8/c1-20(2)17-28(33(44)39-29(18-41)35(46)47)38-31(43)19-48-26-13-5-22(6-14-26)32-27(15-16-30(42)21-3-7-23(36)8-4-21)34(45)40(32)25-11-9-24(37)10-12-25/h3-14,20,27-30,32,41-42H,15-19H2,1-2H3,(H,38,43)(H,39,44)(H,46,47)/t27?,28-,29?,30-,32?/m1/s1. The van der Waals surface area contributed by atoms with Gasteiger partial charge in [-0.15, -0.1) is 0 Å². The van der Waals surface area contributed by atoms with Gasteiger partial charge in [-0.2, -0.15) is 0 Å². The maximum Gasteiger partial charge on any atom is 0.328 e. The first-order valence-corrected chi connectivity index (χ1v) is 15.6. The van der Waals surface area contributed by atoms with E-state index in [-0.39, 0.29) is 24.7 Å². The molecule has 0 bridgehead atoms. The molecule has 4 rings (SSSR count). The number of carboxylic acids is 1. The lowest BCUT2D eigenvalue weighted by atomic mass is 9.78. The van der Waals surface area contributed by atoms with Gasteiger partial charge < -0.3 is 35.6 Å². The fourth-order valence-electron chi connectivity index (χ4n) is 5.60. The highest BCUT2D eigenvalue weighted by Crippen LogP contribution is 2.46. The van der Waals surface area contributed by atoms with E-state index in [0.29, 0.717) is 23.4 Å². The molecule has 13 heteroatoms. The number of aliphatic hydroxyl groups is 2. The average Bonchev–Trinajstić information content (AvgIpc) is 3.05. The molecule has 1 fully saturated rings. The highest BCUT2D eigenvalue weighted by Gasteiger charge is 2.48. The van der Waals surface area contributed by atoms with Crippen LogP contribution in [-0.2, 0) is 19.2 Å². The Kier molecular flexibility index (Phi) is 12.2. The maximum absolute atomic E-state index is 13.6. The molecular formula is C35H39F2N3O8. The Balaban J connectivity index is 1.42. The zero-order chi connectivity index (χ0) is 35.0. The van der Waals surface area contributed by atoms with Crippen molar-refractivity contribution in [3.63, 3.8) is 0 Å². The number of aliphatic hydroxyl groups excluding tert-OH is 2. The van der Waals surface area contributed by atoms with Gasteiger partial charge in [-0.1, -0.05) is 38.1 Å². The van der Waals surface area contributed by atoms with E-state index < -0.39 is 72.8 Å². The third-order valence-electron chi connectivity index (χ3n) is 8.07. The summed E-state index contributed by atoms with van der Waals surface area (Å²) in [6, 6.07) is 14.8. The van der Waals surface area contributed by atoms with Crippen molar-refractivity contribution in [1.29, 1.82) is 0 Å². The Morgan fingerprint density at radius 3 is 2.06 bits per heavy atom. The first-order valence-electron chi connectivity index (χ1n) is 15.6. The number of benzene rings is 3. The summed E-state index contributed by atoms with van der Waals surface area (Å²) >= 11 is 0. The van der Waals surface area contributed by atoms with Gasteiger partial charge in [-0.3, -0.25) is 14.4 Å². The van der Waals surface area contributed by atoms with Crippen LogP contribution in [0.3, 0.4) is 0 Å². The number of nitrogens with one attached hydrogen (secondary N) is 2. The number of amides is 3. The zero-order valence-electron chi connectivity index (χ0n) is 26.5. The number of ether oxygens (including phenoxy) is 1. The Morgan fingerprint density at radius 2 is 1.50 bits per heavy atom. The van der Waals surface area contributed by atoms with E-state index in [0.717, 1.165) is 5.56 Å². The Morgan fingerprint density at radius 1 is 0.896 bits per heavy atom. The van der Waals surface area contributed by atoms with Crippen LogP contribution in [0.2, 0.25) is 0 Å². The van der Waals surface area contributed by atoms with Crippen molar-refractivity contribution in [2.24, 2.45) is 11.8 Å². The zero-order valence-corrected chi connectivity index (χ0v) is 26.5. The summed E-state index contributed by atoms with van der Waals surface area (Å²) in [5, 5.41) is 33.8. The Hall–Kier alpha value is -4.88. The van der Waals surface area contributed by atoms with Crippen molar-refractivity contribution in [1.82, 2.24) is 10.6 Å². The topological polar surface area (TPSA) is 165 Å². The van der Waals surface area contributed by atoms with Gasteiger partial charge in [0.15, 0.2) is 6.61 Å². The summed E-state index contributed by atoms with van der Waals surface area (Å²) in [5.41, 5.74) is 1.78. The van der Waals surface area contributed by atoms with Crippen molar-refractivity contribution in [3.8, 4) is 5.75 Å². The van der Waals surface area contributed by atoms with E-state index in [1.165, 1.54) is 48.5 Å². The van der Waals surface area contributed by atoms with Gasteiger partial charge >= 0.3 is 5.97 Å². The molecule has 3 amide bonds. The second-order valence-corrected chi connectivity index (χ2v) is 12.1. The molecule has 5 atom stereocenters. The number of halogens is 2. The van der Waals surface area contributed by atoms with Crippen molar-refractivity contribution < 1.29 is 48.0 Å². The minimum absolute atomic E-state index is 0.0187. The fraction of sp³-hybridized carbons (Fsp3) is 0.371. The van der Waals surface area contributed by atoms with Gasteiger partial charge in [-0.05, 0) is 84.8 Å². The monoisotopic (exact) mass is 667 g/mol. The first-order chi connectivity index (χ1) is 22.9. The fourth-order valence-corrected chi connectivity index (χ4v) is 5.60. The van der Waals surface area contributed by atoms with E-state index in [9.17, 15) is 38.2 Å². The molecule has 3 aromatic carbocycles. The molecule has 1 aliphatic heterocycles. The van der Waals surface area contributed by atoms with E-state index in [1.807, 2.05) is 13.8 Å². The number of rotatable bonds is 16. The van der Waals surface area contributed by atoms with E-state index in [1.54, 1.807) is 29.2 Å². The molecule has 3 unspecified atom stereocenters. The average molecular weight is 668 g/mol. The second kappa shape index (κ2) is 16.3. The number of anilines is 1. The molecule has 48 heavy (non-hydrogen) atoms. The van der Waals surface area contributed by atoms with E-state index >= 15 is 0 Å². The normalized spacial score (nSPS) is 17.6. The smallest absolute Gasteiger partial charge is 0.328 e. The number of aliphatic carboxylic acids is 1. The Labute approximate surface area is 276 Å². The highest BCUT2D eigenvalue weighted by molar-refractivity contribution is 6.03. The maximum atomic E-state index is 13.6. The lowest BCUT2D eigenvalue weighted by Gasteiger charge is -2.48. The third-order valence-corrected chi connectivity index (χ3v) is 8.07. The van der Waals surface area contributed by atoms with Gasteiger partial charge in [-0.25, -0.2) is 13.6 Å². The van der Waals surface area contributed by atoms with Gasteiger partial charge in [0.2, 0.25) is 11.8 Å². The number of nitrogens with zero attached hydrogens (tertiary/aromatic N) is 1. The molecule has 256 valence electrons. The minimum atomic E-state index is -1.51. The number of carbonyl (C=O) groups excluding carboxylic acids is 3. The van der Waals surface area contributed by atoms with Crippen molar-refractivity contribution in [2.75, 3.05) is 18.1 Å². The quantitative estimate of drug-likeness (QED) is 0.145. The minimum Gasteiger partial charge on any atom is -0.484 e. The molecule has 1 saturated heterocycles. The SMILES string of the molecule is CC(C)C[C@@H](NC(=O)COc1ccc(C2C(CC[C@@H](O)c3ccc(F)cc3)C(=O)N2c2ccc(F)cc2)cc1)C(=O)NC(CO)C(=O)O. The van der Waals surface area contributed by atoms with Crippen molar-refractivity contribution in [3.05, 3.63) is 95.6 Å².